The van der Waals surface area contributed by atoms with Crippen molar-refractivity contribution < 1.29 is 19.0 Å². The molecule has 0 radical (unpaired) electrons. The molecule has 1 amide bonds. The molecule has 2 rings (SSSR count). The molecule has 8 heteroatoms. The van der Waals surface area contributed by atoms with Crippen LogP contribution in [0.25, 0.3) is 0 Å². The Morgan fingerprint density at radius 3 is 2.24 bits per heavy atom. The molecule has 0 saturated carbocycles. The summed E-state index contributed by atoms with van der Waals surface area (Å²) in [5, 5.41) is 5.59. The van der Waals surface area contributed by atoms with Gasteiger partial charge in [-0.3, -0.25) is 10.1 Å². The quantitative estimate of drug-likeness (QED) is 0.792. The Labute approximate surface area is 151 Å². The molecule has 0 aliphatic rings. The highest BCUT2D eigenvalue weighted by molar-refractivity contribution is 7.80. The number of aromatic nitrogens is 1. The number of anilines is 1. The van der Waals surface area contributed by atoms with Gasteiger partial charge in [-0.2, -0.15) is 0 Å². The summed E-state index contributed by atoms with van der Waals surface area (Å²) in [4.78, 5) is 16.7. The molecule has 1 aromatic heterocycles. The van der Waals surface area contributed by atoms with Crippen molar-refractivity contribution in [2.24, 2.45) is 0 Å². The summed E-state index contributed by atoms with van der Waals surface area (Å²) >= 11 is 5.16. The number of hydrogen-bond acceptors (Lipinski definition) is 6. The highest BCUT2D eigenvalue weighted by Gasteiger charge is 2.17. The van der Waals surface area contributed by atoms with Crippen molar-refractivity contribution in [2.75, 3.05) is 26.6 Å². The standard InChI is InChI=1S/C17H19N3O4S/c1-10-6-5-7-14(18-10)19-17(25)20-16(21)11-8-12(22-2)15(24-4)13(9-11)23-3/h5-9H,1-4H3,(H2,18,19,20,21,25). The normalized spacial score (nSPS) is 9.92. The van der Waals surface area contributed by atoms with Crippen LogP contribution in [0.2, 0.25) is 0 Å². The van der Waals surface area contributed by atoms with Gasteiger partial charge in [-0.15, -0.1) is 0 Å². The highest BCUT2D eigenvalue weighted by Crippen LogP contribution is 2.38. The molecule has 0 atom stereocenters. The number of carbonyl (C=O) groups is 1. The summed E-state index contributed by atoms with van der Waals surface area (Å²) in [6.07, 6.45) is 0. The van der Waals surface area contributed by atoms with Crippen molar-refractivity contribution in [1.29, 1.82) is 0 Å². The van der Waals surface area contributed by atoms with Crippen LogP contribution in [0.5, 0.6) is 17.2 Å². The zero-order chi connectivity index (χ0) is 18.4. The van der Waals surface area contributed by atoms with E-state index in [9.17, 15) is 4.79 Å². The predicted octanol–water partition coefficient (Wildman–Crippen LogP) is 2.54. The molecule has 1 heterocycles. The number of nitrogens with one attached hydrogen (secondary N) is 2. The van der Waals surface area contributed by atoms with Crippen molar-refractivity contribution in [3.05, 3.63) is 41.6 Å². The minimum Gasteiger partial charge on any atom is -0.493 e. The van der Waals surface area contributed by atoms with Crippen LogP contribution in [0.4, 0.5) is 5.82 Å². The summed E-state index contributed by atoms with van der Waals surface area (Å²) < 4.78 is 15.7. The van der Waals surface area contributed by atoms with Gasteiger partial charge in [-0.1, -0.05) is 6.07 Å². The minimum atomic E-state index is -0.413. The van der Waals surface area contributed by atoms with Crippen LogP contribution in [0, 0.1) is 6.92 Å². The first kappa shape index (κ1) is 18.5. The van der Waals surface area contributed by atoms with Crippen molar-refractivity contribution in [1.82, 2.24) is 10.3 Å². The Hall–Kier alpha value is -2.87. The monoisotopic (exact) mass is 361 g/mol. The van der Waals surface area contributed by atoms with Crippen LogP contribution >= 0.6 is 12.2 Å². The van der Waals surface area contributed by atoms with Crippen LogP contribution in [-0.4, -0.2) is 37.3 Å². The Balaban J connectivity index is 2.16. The van der Waals surface area contributed by atoms with Crippen LogP contribution in [-0.2, 0) is 0 Å². The van der Waals surface area contributed by atoms with Gasteiger partial charge in [0.05, 0.1) is 21.3 Å². The van der Waals surface area contributed by atoms with Crippen LogP contribution < -0.4 is 24.8 Å². The second kappa shape index (κ2) is 8.29. The second-order valence-corrected chi connectivity index (χ2v) is 5.39. The van der Waals surface area contributed by atoms with E-state index in [1.54, 1.807) is 18.2 Å². The second-order valence-electron chi connectivity index (χ2n) is 4.99. The van der Waals surface area contributed by atoms with Crippen molar-refractivity contribution in [2.45, 2.75) is 6.92 Å². The van der Waals surface area contributed by atoms with E-state index in [4.69, 9.17) is 26.4 Å². The summed E-state index contributed by atoms with van der Waals surface area (Å²) in [5.74, 6) is 1.31. The van der Waals surface area contributed by atoms with E-state index in [0.717, 1.165) is 5.69 Å². The lowest BCUT2D eigenvalue weighted by molar-refractivity contribution is 0.0977. The number of pyridine rings is 1. The lowest BCUT2D eigenvalue weighted by Crippen LogP contribution is -2.34. The molecule has 1 aromatic carbocycles. The number of benzene rings is 1. The molecule has 2 aromatic rings. The van der Waals surface area contributed by atoms with E-state index >= 15 is 0 Å². The fraction of sp³-hybridized carbons (Fsp3) is 0.235. The van der Waals surface area contributed by atoms with Gasteiger partial charge in [0, 0.05) is 11.3 Å². The Morgan fingerprint density at radius 2 is 1.72 bits per heavy atom. The van der Waals surface area contributed by atoms with Gasteiger partial charge in [-0.05, 0) is 43.4 Å². The maximum atomic E-state index is 12.4. The van der Waals surface area contributed by atoms with Crippen molar-refractivity contribution in [3.63, 3.8) is 0 Å². The van der Waals surface area contributed by atoms with Crippen molar-refractivity contribution >= 4 is 29.1 Å². The smallest absolute Gasteiger partial charge is 0.257 e. The molecule has 7 nitrogen and oxygen atoms in total. The zero-order valence-electron chi connectivity index (χ0n) is 14.4. The van der Waals surface area contributed by atoms with Gasteiger partial charge in [0.2, 0.25) is 5.75 Å². The number of thiocarbonyl (C=S) groups is 1. The zero-order valence-corrected chi connectivity index (χ0v) is 15.2. The molecule has 0 bridgehead atoms. The number of carbonyl (C=O) groups excluding carboxylic acids is 1. The third-order valence-corrected chi connectivity index (χ3v) is 3.49. The Morgan fingerprint density at radius 1 is 1.08 bits per heavy atom. The molecule has 25 heavy (non-hydrogen) atoms. The van der Waals surface area contributed by atoms with E-state index in [1.807, 2.05) is 19.1 Å². The molecule has 0 unspecified atom stereocenters. The van der Waals surface area contributed by atoms with Gasteiger partial charge in [0.25, 0.3) is 5.91 Å². The van der Waals surface area contributed by atoms with Crippen LogP contribution in [0.1, 0.15) is 16.1 Å². The van der Waals surface area contributed by atoms with Gasteiger partial charge in [-0.25, -0.2) is 4.98 Å². The first-order chi connectivity index (χ1) is 12.0. The number of ether oxygens (including phenoxy) is 3. The number of hydrogen-bond donors (Lipinski definition) is 2. The lowest BCUT2D eigenvalue weighted by atomic mass is 10.1. The first-order valence-corrected chi connectivity index (χ1v) is 7.75. The predicted molar refractivity (Wildman–Crippen MR) is 98.8 cm³/mol. The van der Waals surface area contributed by atoms with E-state index in [0.29, 0.717) is 28.6 Å². The van der Waals surface area contributed by atoms with E-state index in [2.05, 4.69) is 15.6 Å². The number of methoxy groups -OCH3 is 3. The van der Waals surface area contributed by atoms with Gasteiger partial charge < -0.3 is 19.5 Å². The maximum Gasteiger partial charge on any atom is 0.257 e. The minimum absolute atomic E-state index is 0.136. The number of aryl methyl sites for hydroxylation is 1. The molecule has 0 aliphatic heterocycles. The number of amides is 1. The van der Waals surface area contributed by atoms with Gasteiger partial charge >= 0.3 is 0 Å². The molecule has 132 valence electrons. The molecule has 0 spiro atoms. The topological polar surface area (TPSA) is 81.7 Å². The molecule has 2 N–H and O–H groups in total. The summed E-state index contributed by atoms with van der Waals surface area (Å²) in [6.45, 7) is 1.86. The fourth-order valence-corrected chi connectivity index (χ4v) is 2.34. The average molecular weight is 361 g/mol. The first-order valence-electron chi connectivity index (χ1n) is 7.34. The summed E-state index contributed by atoms with van der Waals surface area (Å²) in [6, 6.07) is 8.55. The molecule has 0 aliphatic carbocycles. The van der Waals surface area contributed by atoms with Crippen molar-refractivity contribution in [3.8, 4) is 17.2 Å². The van der Waals surface area contributed by atoms with E-state index in [1.165, 1.54) is 21.3 Å². The fourth-order valence-electron chi connectivity index (χ4n) is 2.15. The molecule has 0 saturated heterocycles. The van der Waals surface area contributed by atoms with Gasteiger partial charge in [0.1, 0.15) is 5.82 Å². The maximum absolute atomic E-state index is 12.4. The SMILES string of the molecule is COc1cc(C(=O)NC(=S)Nc2cccc(C)n2)cc(OC)c1OC. The Bertz CT molecular complexity index is 770. The lowest BCUT2D eigenvalue weighted by Gasteiger charge is -2.14. The largest absolute Gasteiger partial charge is 0.493 e. The third-order valence-electron chi connectivity index (χ3n) is 3.28. The van der Waals surface area contributed by atoms with E-state index < -0.39 is 5.91 Å². The summed E-state index contributed by atoms with van der Waals surface area (Å²) in [5.41, 5.74) is 1.15. The van der Waals surface area contributed by atoms with Crippen LogP contribution in [0.15, 0.2) is 30.3 Å². The molecule has 0 fully saturated rings. The Kier molecular flexibility index (Phi) is 6.13. The van der Waals surface area contributed by atoms with E-state index in [-0.39, 0.29) is 5.11 Å². The molecular formula is C17H19N3O4S. The highest BCUT2D eigenvalue weighted by atomic mass is 32.1. The van der Waals surface area contributed by atoms with Gasteiger partial charge in [0.15, 0.2) is 16.6 Å². The number of rotatable bonds is 5. The average Bonchev–Trinajstić information content (AvgIpc) is 2.60. The third kappa shape index (κ3) is 4.57. The number of nitrogens with zero attached hydrogens (tertiary/aromatic N) is 1. The summed E-state index contributed by atoms with van der Waals surface area (Å²) in [7, 11) is 4.46. The molecular weight excluding hydrogens is 342 g/mol. The van der Waals surface area contributed by atoms with Crippen LogP contribution in [0.3, 0.4) is 0 Å².